The predicted molar refractivity (Wildman–Crippen MR) is 63.8 cm³/mol. The first-order valence-electron chi connectivity index (χ1n) is 6.12. The summed E-state index contributed by atoms with van der Waals surface area (Å²) >= 11 is 0. The Morgan fingerprint density at radius 3 is 2.89 bits per heavy atom. The summed E-state index contributed by atoms with van der Waals surface area (Å²) in [5.74, 6) is -1.47. The summed E-state index contributed by atoms with van der Waals surface area (Å²) in [6.45, 7) is 1.74. The first kappa shape index (κ1) is 12.6. The van der Waals surface area contributed by atoms with E-state index in [1.165, 1.54) is 0 Å². The summed E-state index contributed by atoms with van der Waals surface area (Å²) in [7, 11) is 0. The molecule has 0 saturated heterocycles. The van der Waals surface area contributed by atoms with Gasteiger partial charge in [-0.1, -0.05) is 6.42 Å². The molecule has 0 radical (unpaired) electrons. The van der Waals surface area contributed by atoms with E-state index in [0.717, 1.165) is 12.8 Å². The van der Waals surface area contributed by atoms with E-state index in [9.17, 15) is 9.59 Å². The number of amides is 1. The van der Waals surface area contributed by atoms with Gasteiger partial charge in [0.15, 0.2) is 0 Å². The van der Waals surface area contributed by atoms with Crippen molar-refractivity contribution in [3.63, 3.8) is 0 Å². The van der Waals surface area contributed by atoms with Crippen molar-refractivity contribution in [2.45, 2.75) is 38.3 Å². The van der Waals surface area contributed by atoms with Gasteiger partial charge in [-0.15, -0.1) is 0 Å². The smallest absolute Gasteiger partial charge is 0.308 e. The molecule has 0 bridgehead atoms. The number of hydrogen-bond acceptors (Lipinski definition) is 3. The van der Waals surface area contributed by atoms with E-state index in [-0.39, 0.29) is 11.9 Å². The number of carboxylic acids is 1. The number of hydrogen-bond donors (Lipinski definition) is 2. The van der Waals surface area contributed by atoms with Gasteiger partial charge in [-0.05, 0) is 25.8 Å². The lowest BCUT2D eigenvalue weighted by Gasteiger charge is -2.20. The number of aromatic nitrogens is 2. The fourth-order valence-electron chi connectivity index (χ4n) is 2.36. The number of rotatable bonds is 4. The fraction of sp³-hybridized carbons (Fsp3) is 0.583. The molecule has 2 N–H and O–H groups in total. The third kappa shape index (κ3) is 2.52. The van der Waals surface area contributed by atoms with Gasteiger partial charge in [0.1, 0.15) is 6.04 Å². The van der Waals surface area contributed by atoms with Gasteiger partial charge in [-0.3, -0.25) is 14.3 Å². The minimum absolute atomic E-state index is 0.183. The van der Waals surface area contributed by atoms with Gasteiger partial charge in [0, 0.05) is 18.4 Å². The van der Waals surface area contributed by atoms with Crippen LogP contribution < -0.4 is 5.32 Å². The van der Waals surface area contributed by atoms with E-state index in [1.807, 2.05) is 0 Å². The molecule has 2 rings (SSSR count). The molecule has 3 atom stereocenters. The van der Waals surface area contributed by atoms with E-state index in [4.69, 9.17) is 5.11 Å². The Morgan fingerprint density at radius 2 is 2.28 bits per heavy atom. The van der Waals surface area contributed by atoms with E-state index in [0.29, 0.717) is 6.42 Å². The molecule has 0 aromatic carbocycles. The Kier molecular flexibility index (Phi) is 3.64. The standard InChI is InChI=1S/C12H17N3O3/c1-8(15-7-3-6-13-15)11(16)14-10-5-2-4-9(10)12(17)18/h3,6-10H,2,4-5H2,1H3,(H,14,16)(H,17,18). The van der Waals surface area contributed by atoms with Crippen molar-refractivity contribution in [2.75, 3.05) is 0 Å². The Labute approximate surface area is 105 Å². The number of nitrogens with zero attached hydrogens (tertiary/aromatic N) is 2. The SMILES string of the molecule is CC(C(=O)NC1CCCC1C(=O)O)n1cccn1. The molecule has 3 unspecified atom stereocenters. The summed E-state index contributed by atoms with van der Waals surface area (Å²) in [5, 5.41) is 15.9. The van der Waals surface area contributed by atoms with Crippen molar-refractivity contribution in [1.29, 1.82) is 0 Å². The van der Waals surface area contributed by atoms with Gasteiger partial charge in [-0.2, -0.15) is 5.10 Å². The van der Waals surface area contributed by atoms with E-state index < -0.39 is 17.9 Å². The van der Waals surface area contributed by atoms with Gasteiger partial charge in [-0.25, -0.2) is 0 Å². The quantitative estimate of drug-likeness (QED) is 0.829. The number of carboxylic acid groups (broad SMARTS) is 1. The van der Waals surface area contributed by atoms with Crippen LogP contribution in [0.25, 0.3) is 0 Å². The van der Waals surface area contributed by atoms with Crippen LogP contribution in [-0.4, -0.2) is 32.8 Å². The first-order chi connectivity index (χ1) is 8.59. The normalized spacial score (nSPS) is 24.7. The molecular formula is C12H17N3O3. The van der Waals surface area contributed by atoms with Crippen LogP contribution in [0.5, 0.6) is 0 Å². The minimum Gasteiger partial charge on any atom is -0.481 e. The average molecular weight is 251 g/mol. The highest BCUT2D eigenvalue weighted by Gasteiger charge is 2.34. The topological polar surface area (TPSA) is 84.2 Å². The second-order valence-corrected chi connectivity index (χ2v) is 4.65. The molecule has 1 aliphatic carbocycles. The summed E-state index contributed by atoms with van der Waals surface area (Å²) in [6, 6.07) is 1.07. The maximum atomic E-state index is 12.0. The summed E-state index contributed by atoms with van der Waals surface area (Å²) in [5.41, 5.74) is 0. The summed E-state index contributed by atoms with van der Waals surface area (Å²) < 4.78 is 1.56. The minimum atomic E-state index is -0.829. The van der Waals surface area contributed by atoms with Crippen LogP contribution in [0.15, 0.2) is 18.5 Å². The average Bonchev–Trinajstić information content (AvgIpc) is 2.98. The van der Waals surface area contributed by atoms with Crippen molar-refractivity contribution in [3.05, 3.63) is 18.5 Å². The van der Waals surface area contributed by atoms with Crippen LogP contribution in [0.1, 0.15) is 32.2 Å². The molecule has 98 valence electrons. The third-order valence-electron chi connectivity index (χ3n) is 3.46. The van der Waals surface area contributed by atoms with E-state index in [2.05, 4.69) is 10.4 Å². The summed E-state index contributed by atoms with van der Waals surface area (Å²) in [6.07, 6.45) is 5.54. The molecule has 6 heteroatoms. The zero-order valence-corrected chi connectivity index (χ0v) is 10.2. The largest absolute Gasteiger partial charge is 0.481 e. The number of nitrogens with one attached hydrogen (secondary N) is 1. The lowest BCUT2D eigenvalue weighted by Crippen LogP contribution is -2.43. The predicted octanol–water partition coefficient (Wildman–Crippen LogP) is 0.814. The zero-order chi connectivity index (χ0) is 13.1. The van der Waals surface area contributed by atoms with Crippen molar-refractivity contribution in [3.8, 4) is 0 Å². The van der Waals surface area contributed by atoms with Crippen molar-refractivity contribution < 1.29 is 14.7 Å². The Balaban J connectivity index is 1.97. The zero-order valence-electron chi connectivity index (χ0n) is 10.2. The Bertz CT molecular complexity index is 430. The Hall–Kier alpha value is -1.85. The van der Waals surface area contributed by atoms with Crippen molar-refractivity contribution in [1.82, 2.24) is 15.1 Å². The van der Waals surface area contributed by atoms with Crippen LogP contribution >= 0.6 is 0 Å². The first-order valence-corrected chi connectivity index (χ1v) is 6.12. The number of aliphatic carboxylic acids is 1. The molecular weight excluding hydrogens is 234 g/mol. The maximum Gasteiger partial charge on any atom is 0.308 e. The highest BCUT2D eigenvalue weighted by molar-refractivity contribution is 5.81. The molecule has 1 aromatic heterocycles. The molecule has 18 heavy (non-hydrogen) atoms. The number of carbonyl (C=O) groups is 2. The molecule has 1 heterocycles. The number of carbonyl (C=O) groups excluding carboxylic acids is 1. The lowest BCUT2D eigenvalue weighted by molar-refractivity contribution is -0.142. The van der Waals surface area contributed by atoms with Crippen LogP contribution in [0.4, 0.5) is 0 Å². The van der Waals surface area contributed by atoms with Crippen LogP contribution in [-0.2, 0) is 9.59 Å². The Morgan fingerprint density at radius 1 is 1.50 bits per heavy atom. The fourth-order valence-corrected chi connectivity index (χ4v) is 2.36. The third-order valence-corrected chi connectivity index (χ3v) is 3.46. The van der Waals surface area contributed by atoms with Gasteiger partial charge in [0.25, 0.3) is 0 Å². The molecule has 1 saturated carbocycles. The second-order valence-electron chi connectivity index (χ2n) is 4.65. The molecule has 1 amide bonds. The second kappa shape index (κ2) is 5.20. The van der Waals surface area contributed by atoms with Gasteiger partial charge >= 0.3 is 5.97 Å². The lowest BCUT2D eigenvalue weighted by atomic mass is 10.0. The van der Waals surface area contributed by atoms with Crippen molar-refractivity contribution in [2.24, 2.45) is 5.92 Å². The molecule has 0 spiro atoms. The van der Waals surface area contributed by atoms with Crippen molar-refractivity contribution >= 4 is 11.9 Å². The van der Waals surface area contributed by atoms with Gasteiger partial charge in [0.2, 0.25) is 5.91 Å². The monoisotopic (exact) mass is 251 g/mol. The molecule has 1 aromatic rings. The molecule has 1 fully saturated rings. The molecule has 6 nitrogen and oxygen atoms in total. The van der Waals surface area contributed by atoms with Gasteiger partial charge < -0.3 is 10.4 Å². The van der Waals surface area contributed by atoms with E-state index in [1.54, 1.807) is 30.1 Å². The maximum absolute atomic E-state index is 12.0. The molecule has 0 aliphatic heterocycles. The van der Waals surface area contributed by atoms with E-state index >= 15 is 0 Å². The highest BCUT2D eigenvalue weighted by Crippen LogP contribution is 2.26. The van der Waals surface area contributed by atoms with Crippen LogP contribution in [0, 0.1) is 5.92 Å². The summed E-state index contributed by atoms with van der Waals surface area (Å²) in [4.78, 5) is 23.0. The van der Waals surface area contributed by atoms with Crippen LogP contribution in [0.2, 0.25) is 0 Å². The highest BCUT2D eigenvalue weighted by atomic mass is 16.4. The van der Waals surface area contributed by atoms with Crippen LogP contribution in [0.3, 0.4) is 0 Å². The van der Waals surface area contributed by atoms with Gasteiger partial charge in [0.05, 0.1) is 5.92 Å². The molecule has 1 aliphatic rings.